The Bertz CT molecular complexity index is 944. The molecule has 2 rings (SSSR count). The molecule has 33 heavy (non-hydrogen) atoms. The van der Waals surface area contributed by atoms with Crippen molar-refractivity contribution >= 4 is 23.1 Å². The largest absolute Gasteiger partial charge is 0.459 e. The Hall–Kier alpha value is -1.54. The zero-order valence-corrected chi connectivity index (χ0v) is 23.6. The van der Waals surface area contributed by atoms with Gasteiger partial charge >= 0.3 is 5.69 Å². The van der Waals surface area contributed by atoms with Crippen LogP contribution >= 0.6 is 0 Å². The van der Waals surface area contributed by atoms with Crippen molar-refractivity contribution in [3.05, 3.63) is 33.1 Å². The van der Waals surface area contributed by atoms with Gasteiger partial charge in [-0.25, -0.2) is 4.79 Å². The molecule has 0 spiro atoms. The van der Waals surface area contributed by atoms with E-state index in [2.05, 4.69) is 72.7 Å². The highest BCUT2D eigenvalue weighted by Gasteiger charge is 2.53. The molecular weight excluding hydrogens is 460 g/mol. The lowest BCUT2D eigenvalue weighted by Gasteiger charge is -2.40. The first-order valence-corrected chi connectivity index (χ1v) is 17.1. The zero-order valence-electron chi connectivity index (χ0n) is 21.6. The van der Waals surface area contributed by atoms with Gasteiger partial charge in [0.1, 0.15) is 12.2 Å². The number of rotatable bonds is 8. The SMILES string of the molecule is CC(C)(C)[Si](C)(C)OCC1OC(n2ccc(=O)[nH]c2=O)C(O[Si](C)(C)C(C)(C)C)C1OC=O. The lowest BCUT2D eigenvalue weighted by atomic mass is 10.1. The second kappa shape index (κ2) is 9.61. The standard InChI is InChI=1S/C22H40N2O7Si2/c1-21(2,3)32(7,8)29-13-15-17(28-14-25)18(31-33(9,10)22(4,5)6)19(30-15)24-12-11-16(26)23-20(24)27/h11-12,14-15,17-19H,13H2,1-10H3,(H,23,26,27). The van der Waals surface area contributed by atoms with Crippen molar-refractivity contribution in [2.45, 2.75) is 102 Å². The molecule has 1 fully saturated rings. The van der Waals surface area contributed by atoms with Crippen molar-refractivity contribution in [3.8, 4) is 0 Å². The molecule has 188 valence electrons. The first-order chi connectivity index (χ1) is 14.9. The van der Waals surface area contributed by atoms with Gasteiger partial charge in [0.2, 0.25) is 0 Å². The molecule has 0 saturated carbocycles. The Kier molecular flexibility index (Phi) is 8.07. The molecule has 1 saturated heterocycles. The quantitative estimate of drug-likeness (QED) is 0.430. The molecule has 0 radical (unpaired) electrons. The fraction of sp³-hybridized carbons (Fsp3) is 0.773. The Morgan fingerprint density at radius 1 is 1.03 bits per heavy atom. The maximum absolute atomic E-state index is 12.6. The molecule has 1 aliphatic rings. The third-order valence-electron chi connectivity index (χ3n) is 7.28. The van der Waals surface area contributed by atoms with Crippen LogP contribution in [0.3, 0.4) is 0 Å². The maximum Gasteiger partial charge on any atom is 0.330 e. The van der Waals surface area contributed by atoms with E-state index in [1.165, 1.54) is 16.8 Å². The van der Waals surface area contributed by atoms with Crippen LogP contribution in [-0.2, 0) is 23.1 Å². The molecule has 0 bridgehead atoms. The molecule has 0 aromatic carbocycles. The number of nitrogens with one attached hydrogen (secondary N) is 1. The Labute approximate surface area is 198 Å². The summed E-state index contributed by atoms with van der Waals surface area (Å²) in [6.07, 6.45) is -1.66. The molecule has 4 unspecified atom stereocenters. The number of carbonyl (C=O) groups is 1. The number of nitrogens with zero attached hydrogens (tertiary/aromatic N) is 1. The summed E-state index contributed by atoms with van der Waals surface area (Å²) in [5.41, 5.74) is -1.12. The molecule has 0 aliphatic carbocycles. The van der Waals surface area contributed by atoms with Gasteiger partial charge in [0.05, 0.1) is 6.61 Å². The number of carbonyl (C=O) groups excluding carboxylic acids is 1. The van der Waals surface area contributed by atoms with E-state index in [0.717, 1.165) is 0 Å². The topological polar surface area (TPSA) is 109 Å². The molecule has 1 aromatic heterocycles. The molecule has 1 N–H and O–H groups in total. The van der Waals surface area contributed by atoms with Crippen molar-refractivity contribution < 1.29 is 23.1 Å². The monoisotopic (exact) mass is 500 g/mol. The van der Waals surface area contributed by atoms with Gasteiger partial charge in [-0.1, -0.05) is 41.5 Å². The molecule has 1 aromatic rings. The lowest BCUT2D eigenvalue weighted by molar-refractivity contribution is -0.140. The van der Waals surface area contributed by atoms with Crippen molar-refractivity contribution in [2.24, 2.45) is 0 Å². The van der Waals surface area contributed by atoms with Gasteiger partial charge in [0.15, 0.2) is 29.0 Å². The van der Waals surface area contributed by atoms with Crippen molar-refractivity contribution in [3.63, 3.8) is 0 Å². The summed E-state index contributed by atoms with van der Waals surface area (Å²) < 4.78 is 26.0. The Morgan fingerprint density at radius 3 is 2.09 bits per heavy atom. The lowest BCUT2D eigenvalue weighted by Crippen LogP contribution is -2.50. The van der Waals surface area contributed by atoms with Crippen LogP contribution in [0.2, 0.25) is 36.3 Å². The van der Waals surface area contributed by atoms with Crippen molar-refractivity contribution in [1.82, 2.24) is 9.55 Å². The van der Waals surface area contributed by atoms with Gasteiger partial charge < -0.3 is 18.3 Å². The van der Waals surface area contributed by atoms with E-state index in [0.29, 0.717) is 6.47 Å². The van der Waals surface area contributed by atoms with Gasteiger partial charge in [0.25, 0.3) is 12.0 Å². The summed E-state index contributed by atoms with van der Waals surface area (Å²) in [7, 11) is -4.47. The van der Waals surface area contributed by atoms with Gasteiger partial charge in [-0.05, 0) is 36.3 Å². The fourth-order valence-corrected chi connectivity index (χ4v) is 5.37. The van der Waals surface area contributed by atoms with E-state index >= 15 is 0 Å². The highest BCUT2D eigenvalue weighted by atomic mass is 28.4. The molecule has 1 aliphatic heterocycles. The predicted octanol–water partition coefficient (Wildman–Crippen LogP) is 3.39. The van der Waals surface area contributed by atoms with E-state index in [1.807, 2.05) is 0 Å². The number of hydrogen-bond donors (Lipinski definition) is 1. The van der Waals surface area contributed by atoms with E-state index < -0.39 is 52.4 Å². The van der Waals surface area contributed by atoms with Crippen LogP contribution < -0.4 is 11.2 Å². The molecule has 0 amide bonds. The van der Waals surface area contributed by atoms with Gasteiger partial charge in [-0.3, -0.25) is 19.1 Å². The maximum atomic E-state index is 12.6. The smallest absolute Gasteiger partial charge is 0.330 e. The third kappa shape index (κ3) is 6.13. The number of aromatic nitrogens is 2. The summed E-state index contributed by atoms with van der Waals surface area (Å²) in [6, 6.07) is 1.25. The second-order valence-corrected chi connectivity index (χ2v) is 21.3. The van der Waals surface area contributed by atoms with E-state index in [9.17, 15) is 14.4 Å². The molecule has 4 atom stereocenters. The number of hydrogen-bond acceptors (Lipinski definition) is 7. The predicted molar refractivity (Wildman–Crippen MR) is 131 cm³/mol. The summed E-state index contributed by atoms with van der Waals surface area (Å²) in [6.45, 7) is 21.7. The van der Waals surface area contributed by atoms with Gasteiger partial charge in [0, 0.05) is 12.3 Å². The van der Waals surface area contributed by atoms with E-state index in [4.69, 9.17) is 18.3 Å². The number of H-pyrrole nitrogens is 1. The zero-order chi connectivity index (χ0) is 25.4. The minimum Gasteiger partial charge on any atom is -0.459 e. The van der Waals surface area contributed by atoms with E-state index in [-0.39, 0.29) is 16.7 Å². The van der Waals surface area contributed by atoms with Crippen LogP contribution in [0, 0.1) is 0 Å². The van der Waals surface area contributed by atoms with Crippen LogP contribution in [0.25, 0.3) is 0 Å². The van der Waals surface area contributed by atoms with Crippen LogP contribution in [0.1, 0.15) is 47.8 Å². The first-order valence-electron chi connectivity index (χ1n) is 11.3. The second-order valence-electron chi connectivity index (χ2n) is 11.7. The summed E-state index contributed by atoms with van der Waals surface area (Å²) in [5.74, 6) is 0. The summed E-state index contributed by atoms with van der Waals surface area (Å²) >= 11 is 0. The molecule has 2 heterocycles. The van der Waals surface area contributed by atoms with Gasteiger partial charge in [-0.15, -0.1) is 0 Å². The Balaban J connectivity index is 2.48. The summed E-state index contributed by atoms with van der Waals surface area (Å²) in [5, 5.41) is -0.145. The van der Waals surface area contributed by atoms with Crippen LogP contribution in [-0.4, -0.2) is 57.6 Å². The minimum absolute atomic E-state index is 0.0150. The normalized spacial score (nSPS) is 24.7. The molecule has 9 nitrogen and oxygen atoms in total. The molecular formula is C22H40N2O7Si2. The van der Waals surface area contributed by atoms with Crippen LogP contribution in [0.5, 0.6) is 0 Å². The molecule has 11 heteroatoms. The summed E-state index contributed by atoms with van der Waals surface area (Å²) in [4.78, 5) is 37.9. The van der Waals surface area contributed by atoms with Crippen molar-refractivity contribution in [1.29, 1.82) is 0 Å². The average molecular weight is 501 g/mol. The van der Waals surface area contributed by atoms with Crippen LogP contribution in [0.4, 0.5) is 0 Å². The first kappa shape index (κ1) is 27.7. The number of aromatic amines is 1. The van der Waals surface area contributed by atoms with Crippen LogP contribution in [0.15, 0.2) is 21.9 Å². The minimum atomic E-state index is -2.36. The third-order valence-corrected chi connectivity index (χ3v) is 16.2. The van der Waals surface area contributed by atoms with Crippen molar-refractivity contribution in [2.75, 3.05) is 6.61 Å². The highest BCUT2D eigenvalue weighted by Crippen LogP contribution is 2.43. The fourth-order valence-electron chi connectivity index (χ4n) is 3.07. The average Bonchev–Trinajstić information content (AvgIpc) is 2.95. The number of ether oxygens (including phenoxy) is 2. The van der Waals surface area contributed by atoms with Gasteiger partial charge in [-0.2, -0.15) is 0 Å². The highest BCUT2D eigenvalue weighted by molar-refractivity contribution is 6.74. The Morgan fingerprint density at radius 2 is 1.61 bits per heavy atom. The van der Waals surface area contributed by atoms with E-state index in [1.54, 1.807) is 0 Å².